The average molecular weight is 213 g/mol. The molecule has 0 aliphatic carbocycles. The summed E-state index contributed by atoms with van der Waals surface area (Å²) in [7, 11) is 0. The van der Waals surface area contributed by atoms with Gasteiger partial charge in [-0.3, -0.25) is 0 Å². The Morgan fingerprint density at radius 2 is 2.21 bits per heavy atom. The van der Waals surface area contributed by atoms with E-state index in [1.807, 2.05) is 18.3 Å². The second-order valence-corrected chi connectivity index (χ2v) is 3.77. The van der Waals surface area contributed by atoms with Crippen LogP contribution in [0.1, 0.15) is 26.3 Å². The lowest BCUT2D eigenvalue weighted by Crippen LogP contribution is -2.31. The molecular weight excluding hydrogens is 196 g/mol. The van der Waals surface area contributed by atoms with Gasteiger partial charge in [0.2, 0.25) is 0 Å². The molecule has 0 radical (unpaired) electrons. The fraction of sp³-hybridized carbons (Fsp3) is 0.545. The Hall–Kier alpha value is -0.760. The molecule has 3 heteroatoms. The van der Waals surface area contributed by atoms with Gasteiger partial charge in [-0.1, -0.05) is 6.07 Å². The standard InChI is InChI=1S/C11H17ClN2/c1-4-14(9(2)3)11-10(8-12)6-5-7-13-11/h5-7,9H,4,8H2,1-3H3. The van der Waals surface area contributed by atoms with Crippen LogP contribution in [0.25, 0.3) is 0 Å². The second-order valence-electron chi connectivity index (χ2n) is 3.50. The number of nitrogens with zero attached hydrogens (tertiary/aromatic N) is 2. The monoisotopic (exact) mass is 212 g/mol. The number of hydrogen-bond acceptors (Lipinski definition) is 2. The van der Waals surface area contributed by atoms with Crippen LogP contribution in [0.5, 0.6) is 0 Å². The molecule has 0 saturated heterocycles. The molecule has 0 fully saturated rings. The highest BCUT2D eigenvalue weighted by atomic mass is 35.5. The SMILES string of the molecule is CCN(c1ncccc1CCl)C(C)C. The molecule has 0 amide bonds. The van der Waals surface area contributed by atoms with Crippen LogP contribution in [-0.2, 0) is 5.88 Å². The van der Waals surface area contributed by atoms with Crippen molar-refractivity contribution in [2.24, 2.45) is 0 Å². The van der Waals surface area contributed by atoms with E-state index in [0.29, 0.717) is 11.9 Å². The minimum atomic E-state index is 0.455. The second kappa shape index (κ2) is 5.20. The Morgan fingerprint density at radius 3 is 2.71 bits per heavy atom. The molecule has 0 bridgehead atoms. The van der Waals surface area contributed by atoms with Gasteiger partial charge in [-0.25, -0.2) is 4.98 Å². The first-order valence-electron chi connectivity index (χ1n) is 4.97. The van der Waals surface area contributed by atoms with Gasteiger partial charge in [0, 0.05) is 24.3 Å². The molecule has 0 spiro atoms. The molecule has 0 atom stereocenters. The van der Waals surface area contributed by atoms with Gasteiger partial charge in [0.1, 0.15) is 5.82 Å². The van der Waals surface area contributed by atoms with Crippen molar-refractivity contribution >= 4 is 17.4 Å². The van der Waals surface area contributed by atoms with Crippen LogP contribution in [0.15, 0.2) is 18.3 Å². The third-order valence-corrected chi connectivity index (χ3v) is 2.54. The van der Waals surface area contributed by atoms with E-state index >= 15 is 0 Å². The largest absolute Gasteiger partial charge is 0.354 e. The summed E-state index contributed by atoms with van der Waals surface area (Å²) >= 11 is 5.87. The van der Waals surface area contributed by atoms with Crippen molar-refractivity contribution in [2.45, 2.75) is 32.7 Å². The van der Waals surface area contributed by atoms with E-state index in [1.54, 1.807) is 0 Å². The minimum absolute atomic E-state index is 0.455. The highest BCUT2D eigenvalue weighted by molar-refractivity contribution is 6.17. The zero-order valence-corrected chi connectivity index (χ0v) is 9.75. The molecule has 78 valence electrons. The molecule has 1 aromatic heterocycles. The van der Waals surface area contributed by atoms with Gasteiger partial charge in [-0.05, 0) is 26.8 Å². The topological polar surface area (TPSA) is 16.1 Å². The molecule has 14 heavy (non-hydrogen) atoms. The lowest BCUT2D eigenvalue weighted by Gasteiger charge is -2.27. The number of halogens is 1. The summed E-state index contributed by atoms with van der Waals surface area (Å²) in [5, 5.41) is 0. The van der Waals surface area contributed by atoms with Crippen molar-refractivity contribution in [1.29, 1.82) is 0 Å². The van der Waals surface area contributed by atoms with Gasteiger partial charge < -0.3 is 4.90 Å². The van der Waals surface area contributed by atoms with Crippen LogP contribution in [0.4, 0.5) is 5.82 Å². The maximum absolute atomic E-state index is 5.87. The van der Waals surface area contributed by atoms with Gasteiger partial charge in [-0.15, -0.1) is 11.6 Å². The van der Waals surface area contributed by atoms with Crippen LogP contribution in [0.3, 0.4) is 0 Å². The van der Waals surface area contributed by atoms with E-state index < -0.39 is 0 Å². The molecule has 0 unspecified atom stereocenters. The van der Waals surface area contributed by atoms with Gasteiger partial charge in [0.05, 0.1) is 5.88 Å². The highest BCUT2D eigenvalue weighted by Gasteiger charge is 2.12. The van der Waals surface area contributed by atoms with Crippen molar-refractivity contribution in [3.8, 4) is 0 Å². The first-order valence-corrected chi connectivity index (χ1v) is 5.50. The fourth-order valence-corrected chi connectivity index (χ4v) is 1.76. The molecule has 0 aliphatic rings. The van der Waals surface area contributed by atoms with Crippen molar-refractivity contribution in [3.05, 3.63) is 23.9 Å². The number of aromatic nitrogens is 1. The minimum Gasteiger partial charge on any atom is -0.354 e. The van der Waals surface area contributed by atoms with Crippen molar-refractivity contribution < 1.29 is 0 Å². The van der Waals surface area contributed by atoms with Gasteiger partial charge in [0.25, 0.3) is 0 Å². The zero-order chi connectivity index (χ0) is 10.6. The first-order chi connectivity index (χ1) is 6.70. The summed E-state index contributed by atoms with van der Waals surface area (Å²) in [6, 6.07) is 4.41. The fourth-order valence-electron chi connectivity index (χ4n) is 1.55. The summed E-state index contributed by atoms with van der Waals surface area (Å²) in [6.07, 6.45) is 1.82. The lowest BCUT2D eigenvalue weighted by molar-refractivity contribution is 0.690. The maximum Gasteiger partial charge on any atom is 0.133 e. The van der Waals surface area contributed by atoms with Crippen LogP contribution in [0.2, 0.25) is 0 Å². The number of rotatable bonds is 4. The van der Waals surface area contributed by atoms with E-state index in [2.05, 4.69) is 30.7 Å². The summed E-state index contributed by atoms with van der Waals surface area (Å²) in [5.41, 5.74) is 1.10. The van der Waals surface area contributed by atoms with Crippen LogP contribution in [0, 0.1) is 0 Å². The van der Waals surface area contributed by atoms with Gasteiger partial charge >= 0.3 is 0 Å². The summed E-state index contributed by atoms with van der Waals surface area (Å²) in [4.78, 5) is 6.63. The molecule has 1 heterocycles. The van der Waals surface area contributed by atoms with E-state index in [0.717, 1.165) is 17.9 Å². The Bertz CT molecular complexity index is 286. The quantitative estimate of drug-likeness (QED) is 0.714. The van der Waals surface area contributed by atoms with Crippen LogP contribution in [-0.4, -0.2) is 17.6 Å². The normalized spacial score (nSPS) is 10.6. The first kappa shape index (κ1) is 11.3. The summed E-state index contributed by atoms with van der Waals surface area (Å²) in [6.45, 7) is 7.41. The van der Waals surface area contributed by atoms with Crippen LogP contribution >= 0.6 is 11.6 Å². The molecule has 1 aromatic rings. The Labute approximate surface area is 90.9 Å². The summed E-state index contributed by atoms with van der Waals surface area (Å²) in [5.74, 6) is 1.53. The Morgan fingerprint density at radius 1 is 1.50 bits per heavy atom. The van der Waals surface area contributed by atoms with E-state index in [1.165, 1.54) is 0 Å². The van der Waals surface area contributed by atoms with E-state index in [4.69, 9.17) is 11.6 Å². The molecule has 2 nitrogen and oxygen atoms in total. The third kappa shape index (κ3) is 2.38. The van der Waals surface area contributed by atoms with Gasteiger partial charge in [-0.2, -0.15) is 0 Å². The van der Waals surface area contributed by atoms with Crippen molar-refractivity contribution in [1.82, 2.24) is 4.98 Å². The predicted molar refractivity (Wildman–Crippen MR) is 62.0 cm³/mol. The smallest absolute Gasteiger partial charge is 0.133 e. The van der Waals surface area contributed by atoms with Crippen molar-refractivity contribution in [2.75, 3.05) is 11.4 Å². The molecule has 1 rings (SSSR count). The molecular formula is C11H17ClN2. The highest BCUT2D eigenvalue weighted by Crippen LogP contribution is 2.20. The Balaban J connectivity index is 3.02. The maximum atomic E-state index is 5.87. The number of anilines is 1. The third-order valence-electron chi connectivity index (χ3n) is 2.25. The van der Waals surface area contributed by atoms with E-state index in [9.17, 15) is 0 Å². The molecule has 0 N–H and O–H groups in total. The van der Waals surface area contributed by atoms with Crippen LogP contribution < -0.4 is 4.90 Å². The zero-order valence-electron chi connectivity index (χ0n) is 9.00. The number of pyridine rings is 1. The predicted octanol–water partition coefficient (Wildman–Crippen LogP) is 3.06. The number of hydrogen-bond donors (Lipinski definition) is 0. The van der Waals surface area contributed by atoms with Gasteiger partial charge in [0.15, 0.2) is 0 Å². The lowest BCUT2D eigenvalue weighted by atomic mass is 10.2. The molecule has 0 aromatic carbocycles. The average Bonchev–Trinajstić information content (AvgIpc) is 2.19. The summed E-state index contributed by atoms with van der Waals surface area (Å²) < 4.78 is 0. The molecule has 0 saturated carbocycles. The van der Waals surface area contributed by atoms with Crippen molar-refractivity contribution in [3.63, 3.8) is 0 Å². The molecule has 0 aliphatic heterocycles. The number of alkyl halides is 1. The van der Waals surface area contributed by atoms with E-state index in [-0.39, 0.29) is 0 Å². The Kier molecular flexibility index (Phi) is 4.21.